The van der Waals surface area contributed by atoms with Crippen LogP contribution in [0, 0.1) is 0 Å². The maximum absolute atomic E-state index is 11.9. The first-order valence-electron chi connectivity index (χ1n) is 9.71. The molecule has 0 heterocycles. The van der Waals surface area contributed by atoms with Crippen LogP contribution in [0.3, 0.4) is 0 Å². The molecule has 0 saturated heterocycles. The highest BCUT2D eigenvalue weighted by Gasteiger charge is 2.33. The minimum atomic E-state index is -1.47. The quantitative estimate of drug-likeness (QED) is 0.193. The number of hydrogen-bond acceptors (Lipinski definition) is 4. The highest BCUT2D eigenvalue weighted by atomic mass is 16.9. The molecule has 1 aromatic rings. The predicted molar refractivity (Wildman–Crippen MR) is 105 cm³/mol. The summed E-state index contributed by atoms with van der Waals surface area (Å²) in [7, 11) is 0. The number of hydrogen-bond donors (Lipinski definition) is 0. The number of unbranched alkanes of at least 4 members (excludes halogenated alkanes) is 5. The van der Waals surface area contributed by atoms with Crippen molar-refractivity contribution in [1.82, 2.24) is 0 Å². The highest BCUT2D eigenvalue weighted by molar-refractivity contribution is 5.87. The normalized spacial score (nSPS) is 13.1. The summed E-state index contributed by atoms with van der Waals surface area (Å²) in [4.78, 5) is 11.9. The van der Waals surface area contributed by atoms with Gasteiger partial charge in [-0.3, -0.25) is 0 Å². The van der Waals surface area contributed by atoms with E-state index in [1.54, 1.807) is 13.8 Å². The number of para-hydroxylation sites is 1. The van der Waals surface area contributed by atoms with Crippen molar-refractivity contribution in [1.29, 1.82) is 0 Å². The lowest BCUT2D eigenvalue weighted by Crippen LogP contribution is -2.41. The summed E-state index contributed by atoms with van der Waals surface area (Å²) in [5.41, 5.74) is 1.40. The third-order valence-corrected chi connectivity index (χ3v) is 4.10. The van der Waals surface area contributed by atoms with Gasteiger partial charge in [-0.2, -0.15) is 0 Å². The second kappa shape index (κ2) is 11.7. The van der Waals surface area contributed by atoms with Crippen molar-refractivity contribution in [3.63, 3.8) is 0 Å². The molecule has 1 unspecified atom stereocenters. The molecule has 0 aliphatic heterocycles. The van der Waals surface area contributed by atoms with E-state index in [1.807, 2.05) is 31.2 Å². The van der Waals surface area contributed by atoms with Crippen molar-refractivity contribution in [2.24, 2.45) is 0 Å². The van der Waals surface area contributed by atoms with Crippen LogP contribution in [0.1, 0.15) is 71.8 Å². The average molecular weight is 363 g/mol. The molecule has 0 fully saturated rings. The molecule has 0 radical (unpaired) electrons. The number of ether oxygens (including phenoxy) is 3. The van der Waals surface area contributed by atoms with Gasteiger partial charge in [-0.05, 0) is 38.3 Å². The Bertz CT molecular complexity index is 567. The molecule has 26 heavy (non-hydrogen) atoms. The largest absolute Gasteiger partial charge is 0.430 e. The molecule has 0 aromatic heterocycles. The van der Waals surface area contributed by atoms with Crippen LogP contribution < -0.4 is 4.74 Å². The molecule has 1 atom stereocenters. The minimum absolute atomic E-state index is 0.305. The molecule has 0 amide bonds. The molecule has 1 aromatic carbocycles. The number of carbonyl (C=O) groups is 1. The molecule has 0 bridgehead atoms. The first-order valence-corrected chi connectivity index (χ1v) is 9.71. The van der Waals surface area contributed by atoms with E-state index < -0.39 is 11.9 Å². The number of rotatable bonds is 13. The van der Waals surface area contributed by atoms with Crippen LogP contribution >= 0.6 is 0 Å². The van der Waals surface area contributed by atoms with E-state index in [-0.39, 0.29) is 0 Å². The highest BCUT2D eigenvalue weighted by Crippen LogP contribution is 2.27. The van der Waals surface area contributed by atoms with Crippen LogP contribution in [-0.2, 0) is 20.7 Å². The van der Waals surface area contributed by atoms with Gasteiger partial charge in [0.2, 0.25) is 0 Å². The van der Waals surface area contributed by atoms with Crippen molar-refractivity contribution in [3.05, 3.63) is 42.0 Å². The zero-order valence-corrected chi connectivity index (χ0v) is 16.8. The van der Waals surface area contributed by atoms with E-state index >= 15 is 0 Å². The van der Waals surface area contributed by atoms with Gasteiger partial charge >= 0.3 is 11.9 Å². The maximum atomic E-state index is 11.9. The summed E-state index contributed by atoms with van der Waals surface area (Å²) < 4.78 is 16.9. The lowest BCUT2D eigenvalue weighted by atomic mass is 10.0. The van der Waals surface area contributed by atoms with Gasteiger partial charge in [-0.25, -0.2) is 4.79 Å². The Balaban J connectivity index is 2.73. The molecular weight excluding hydrogens is 328 g/mol. The van der Waals surface area contributed by atoms with Gasteiger partial charge in [-0.1, -0.05) is 63.8 Å². The summed E-state index contributed by atoms with van der Waals surface area (Å²) in [5.74, 6) is -1.32. The van der Waals surface area contributed by atoms with Crippen LogP contribution in [0.4, 0.5) is 0 Å². The Hall–Kier alpha value is -1.81. The van der Waals surface area contributed by atoms with Crippen molar-refractivity contribution in [3.8, 4) is 5.75 Å². The van der Waals surface area contributed by atoms with Crippen LogP contribution in [0.25, 0.3) is 0 Å². The minimum Gasteiger partial charge on any atom is -0.430 e. The van der Waals surface area contributed by atoms with E-state index in [9.17, 15) is 4.79 Å². The molecule has 0 N–H and O–H groups in total. The fourth-order valence-electron chi connectivity index (χ4n) is 2.70. The Kier molecular flexibility index (Phi) is 10.0. The predicted octanol–water partition coefficient (Wildman–Crippen LogP) is 5.80. The molecule has 0 aliphatic carbocycles. The maximum Gasteiger partial charge on any atom is 0.370 e. The summed E-state index contributed by atoms with van der Waals surface area (Å²) in [6, 6.07) is 7.84. The summed E-state index contributed by atoms with van der Waals surface area (Å²) in [6.45, 7) is 11.2. The topological polar surface area (TPSA) is 44.8 Å². The number of carbonyl (C=O) groups excluding carboxylic acids is 1. The van der Waals surface area contributed by atoms with Gasteiger partial charge in [0.15, 0.2) is 0 Å². The van der Waals surface area contributed by atoms with E-state index in [1.165, 1.54) is 32.1 Å². The number of esters is 1. The number of benzene rings is 1. The zero-order valence-electron chi connectivity index (χ0n) is 16.8. The van der Waals surface area contributed by atoms with Gasteiger partial charge in [0.25, 0.3) is 0 Å². The van der Waals surface area contributed by atoms with Crippen LogP contribution in [0.15, 0.2) is 36.4 Å². The fraction of sp³-hybridized carbons (Fsp3) is 0.591. The third kappa shape index (κ3) is 8.05. The zero-order chi connectivity index (χ0) is 19.4. The van der Waals surface area contributed by atoms with Gasteiger partial charge in [0, 0.05) is 12.5 Å². The Morgan fingerprint density at radius 2 is 1.73 bits per heavy atom. The Morgan fingerprint density at radius 1 is 1.08 bits per heavy atom. The van der Waals surface area contributed by atoms with Crippen molar-refractivity contribution in [2.75, 3.05) is 6.61 Å². The Labute approximate surface area is 158 Å². The van der Waals surface area contributed by atoms with E-state index in [0.29, 0.717) is 17.9 Å². The van der Waals surface area contributed by atoms with Gasteiger partial charge in [0.05, 0.1) is 6.61 Å². The summed E-state index contributed by atoms with van der Waals surface area (Å²) >= 11 is 0. The molecule has 0 aliphatic rings. The molecular formula is C22H34O4. The molecule has 146 valence electrons. The van der Waals surface area contributed by atoms with Gasteiger partial charge < -0.3 is 14.2 Å². The van der Waals surface area contributed by atoms with Crippen LogP contribution in [0.5, 0.6) is 5.75 Å². The second-order valence-corrected chi connectivity index (χ2v) is 6.69. The summed E-state index contributed by atoms with van der Waals surface area (Å²) in [6.07, 6.45) is 8.38. The molecule has 1 rings (SSSR count). The molecule has 0 saturated carbocycles. The molecule has 0 spiro atoms. The second-order valence-electron chi connectivity index (χ2n) is 6.69. The fourth-order valence-corrected chi connectivity index (χ4v) is 2.70. The number of aryl methyl sites for hydroxylation is 1. The van der Waals surface area contributed by atoms with E-state index in [0.717, 1.165) is 18.4 Å². The van der Waals surface area contributed by atoms with Gasteiger partial charge in [0.1, 0.15) is 5.75 Å². The monoisotopic (exact) mass is 362 g/mol. The van der Waals surface area contributed by atoms with Crippen LogP contribution in [-0.4, -0.2) is 18.5 Å². The molecule has 4 nitrogen and oxygen atoms in total. The smallest absolute Gasteiger partial charge is 0.370 e. The van der Waals surface area contributed by atoms with E-state index in [4.69, 9.17) is 14.2 Å². The lowest BCUT2D eigenvalue weighted by Gasteiger charge is -2.30. The third-order valence-electron chi connectivity index (χ3n) is 4.10. The summed E-state index contributed by atoms with van der Waals surface area (Å²) in [5, 5.41) is 0. The van der Waals surface area contributed by atoms with Crippen molar-refractivity contribution >= 4 is 5.97 Å². The van der Waals surface area contributed by atoms with Gasteiger partial charge in [-0.15, -0.1) is 0 Å². The average Bonchev–Trinajstić information content (AvgIpc) is 2.59. The standard InChI is InChI=1S/C22H34O4/c1-6-8-9-10-11-12-15-19-16-13-14-17-20(19)25-22(5,24-7-2)26-21(23)18(3)4/h13-14,16-17H,3,6-12,15H2,1-2,4-5H3. The lowest BCUT2D eigenvalue weighted by molar-refractivity contribution is -0.311. The molecule has 4 heteroatoms. The SMILES string of the molecule is C=C(C)C(=O)OC(C)(OCC)Oc1ccccc1CCCCCCCC. The van der Waals surface area contributed by atoms with Crippen molar-refractivity contribution in [2.45, 2.75) is 78.6 Å². The Morgan fingerprint density at radius 3 is 2.38 bits per heavy atom. The van der Waals surface area contributed by atoms with E-state index in [2.05, 4.69) is 13.5 Å². The van der Waals surface area contributed by atoms with Crippen LogP contribution in [0.2, 0.25) is 0 Å². The van der Waals surface area contributed by atoms with Crippen molar-refractivity contribution < 1.29 is 19.0 Å². The first-order chi connectivity index (χ1) is 12.4. The first kappa shape index (κ1) is 22.2.